The molecule has 3 aromatic rings. The van der Waals surface area contributed by atoms with Gasteiger partial charge in [-0.15, -0.1) is 0 Å². The summed E-state index contributed by atoms with van der Waals surface area (Å²) in [7, 11) is 1.49. The highest BCUT2D eigenvalue weighted by atomic mass is 79.9. The Morgan fingerprint density at radius 1 is 1.06 bits per heavy atom. The van der Waals surface area contributed by atoms with Crippen molar-refractivity contribution in [3.63, 3.8) is 0 Å². The van der Waals surface area contributed by atoms with Crippen LogP contribution in [0.5, 0.6) is 11.5 Å². The fourth-order valence-electron chi connectivity index (χ4n) is 3.68. The summed E-state index contributed by atoms with van der Waals surface area (Å²) < 4.78 is 12.0. The molecule has 4 rings (SSSR count). The molecule has 9 heteroatoms. The van der Waals surface area contributed by atoms with Crippen LogP contribution in [-0.4, -0.2) is 36.4 Å². The topological polar surface area (TPSA) is 97.0 Å². The molecule has 0 atom stereocenters. The van der Waals surface area contributed by atoms with Crippen LogP contribution < -0.4 is 20.1 Å². The minimum Gasteiger partial charge on any atom is -0.495 e. The third-order valence-electron chi connectivity index (χ3n) is 5.39. The predicted molar refractivity (Wildman–Crippen MR) is 139 cm³/mol. The smallest absolute Gasteiger partial charge is 0.329 e. The molecule has 0 unspecified atom stereocenters. The second kappa shape index (κ2) is 11.1. The molecule has 1 aliphatic rings. The number of anilines is 1. The van der Waals surface area contributed by atoms with Crippen LogP contribution in [0.3, 0.4) is 0 Å². The number of imide groups is 1. The predicted octanol–water partition coefficient (Wildman–Crippen LogP) is 4.88. The molecule has 3 aromatic carbocycles. The summed E-state index contributed by atoms with van der Waals surface area (Å²) in [6, 6.07) is 19.6. The van der Waals surface area contributed by atoms with E-state index in [1.807, 2.05) is 37.3 Å². The van der Waals surface area contributed by atoms with Gasteiger partial charge in [-0.3, -0.25) is 9.59 Å². The number of carbonyl (C=O) groups is 3. The fraction of sp³-hybridized carbons (Fsp3) is 0.148. The average molecular weight is 550 g/mol. The molecular formula is C27H24BrN3O5. The first kappa shape index (κ1) is 25.0. The maximum atomic E-state index is 13.0. The van der Waals surface area contributed by atoms with Crippen LogP contribution in [-0.2, 0) is 16.2 Å². The number of amides is 4. The normalized spacial score (nSPS) is 14.1. The Labute approximate surface area is 217 Å². The maximum absolute atomic E-state index is 13.0. The number of nitrogens with one attached hydrogen (secondary N) is 2. The number of hydrogen-bond acceptors (Lipinski definition) is 5. The third kappa shape index (κ3) is 5.92. The van der Waals surface area contributed by atoms with E-state index in [9.17, 15) is 14.4 Å². The largest absolute Gasteiger partial charge is 0.495 e. The minimum atomic E-state index is -0.682. The van der Waals surface area contributed by atoms with Gasteiger partial charge in [-0.1, -0.05) is 57.9 Å². The quantitative estimate of drug-likeness (QED) is 0.308. The van der Waals surface area contributed by atoms with Gasteiger partial charge in [0.15, 0.2) is 0 Å². The Morgan fingerprint density at radius 3 is 2.64 bits per heavy atom. The highest BCUT2D eigenvalue weighted by molar-refractivity contribution is 9.10. The lowest BCUT2D eigenvalue weighted by atomic mass is 10.1. The fourth-order valence-corrected chi connectivity index (χ4v) is 4.06. The van der Waals surface area contributed by atoms with Crippen LogP contribution in [0, 0.1) is 6.92 Å². The van der Waals surface area contributed by atoms with Crippen LogP contribution >= 0.6 is 15.9 Å². The summed E-state index contributed by atoms with van der Waals surface area (Å²) in [6.07, 6.45) is 1.54. The standard InChI is InChI=1S/C27H24BrN3O5/c1-17-6-5-7-18(12-17)16-36-23-11-10-20(28)13-19(23)14-22-26(33)31(27(34)30-22)15-25(32)29-21-8-3-4-9-24(21)35-2/h3-14H,15-16H2,1-2H3,(H,29,32)(H,30,34)/b22-14+. The van der Waals surface area contributed by atoms with Gasteiger partial charge < -0.3 is 20.1 Å². The van der Waals surface area contributed by atoms with E-state index in [2.05, 4.69) is 26.6 Å². The van der Waals surface area contributed by atoms with E-state index in [0.29, 0.717) is 29.4 Å². The molecule has 0 radical (unpaired) electrons. The van der Waals surface area contributed by atoms with Crippen molar-refractivity contribution in [3.05, 3.63) is 93.6 Å². The van der Waals surface area contributed by atoms with Crippen molar-refractivity contribution < 1.29 is 23.9 Å². The van der Waals surface area contributed by atoms with Crippen molar-refractivity contribution in [1.29, 1.82) is 0 Å². The number of rotatable bonds is 8. The number of halogens is 1. The molecule has 0 aromatic heterocycles. The van der Waals surface area contributed by atoms with Crippen LogP contribution in [0.4, 0.5) is 10.5 Å². The van der Waals surface area contributed by atoms with Crippen molar-refractivity contribution in [1.82, 2.24) is 10.2 Å². The molecule has 36 heavy (non-hydrogen) atoms. The second-order valence-corrected chi connectivity index (χ2v) is 9.00. The zero-order chi connectivity index (χ0) is 25.7. The van der Waals surface area contributed by atoms with E-state index >= 15 is 0 Å². The molecule has 2 N–H and O–H groups in total. The monoisotopic (exact) mass is 549 g/mol. The summed E-state index contributed by atoms with van der Waals surface area (Å²) in [4.78, 5) is 38.9. The van der Waals surface area contributed by atoms with E-state index in [4.69, 9.17) is 9.47 Å². The maximum Gasteiger partial charge on any atom is 0.329 e. The summed E-state index contributed by atoms with van der Waals surface area (Å²) >= 11 is 3.44. The number of benzene rings is 3. The Bertz CT molecular complexity index is 1350. The highest BCUT2D eigenvalue weighted by Crippen LogP contribution is 2.28. The van der Waals surface area contributed by atoms with Crippen LogP contribution in [0.1, 0.15) is 16.7 Å². The number of ether oxygens (including phenoxy) is 2. The molecule has 0 aliphatic carbocycles. The SMILES string of the molecule is COc1ccccc1NC(=O)CN1C(=O)N/C(=C/c2cc(Br)ccc2OCc2cccc(C)c2)C1=O. The number of nitrogens with zero attached hydrogens (tertiary/aromatic N) is 1. The van der Waals surface area contributed by atoms with E-state index in [1.165, 1.54) is 13.2 Å². The van der Waals surface area contributed by atoms with Crippen LogP contribution in [0.15, 0.2) is 76.9 Å². The molecule has 0 bridgehead atoms. The highest BCUT2D eigenvalue weighted by Gasteiger charge is 2.35. The number of methoxy groups -OCH3 is 1. The number of aryl methyl sites for hydroxylation is 1. The molecule has 0 spiro atoms. The third-order valence-corrected chi connectivity index (χ3v) is 5.89. The Kier molecular flexibility index (Phi) is 7.70. The molecule has 0 saturated carbocycles. The lowest BCUT2D eigenvalue weighted by molar-refractivity contribution is -0.127. The Morgan fingerprint density at radius 2 is 1.86 bits per heavy atom. The first-order valence-corrected chi connectivity index (χ1v) is 11.9. The van der Waals surface area contributed by atoms with Gasteiger partial charge in [0.25, 0.3) is 5.91 Å². The van der Waals surface area contributed by atoms with Gasteiger partial charge in [0.1, 0.15) is 30.3 Å². The van der Waals surface area contributed by atoms with Gasteiger partial charge in [-0.2, -0.15) is 0 Å². The lowest BCUT2D eigenvalue weighted by Crippen LogP contribution is -2.38. The van der Waals surface area contributed by atoms with Gasteiger partial charge in [0.05, 0.1) is 12.8 Å². The molecule has 1 heterocycles. The molecule has 4 amide bonds. The van der Waals surface area contributed by atoms with Crippen molar-refractivity contribution in [2.75, 3.05) is 19.0 Å². The molecule has 184 valence electrons. The van der Waals surface area contributed by atoms with Gasteiger partial charge in [-0.05, 0) is 48.9 Å². The van der Waals surface area contributed by atoms with Crippen molar-refractivity contribution in [3.8, 4) is 11.5 Å². The van der Waals surface area contributed by atoms with Gasteiger partial charge in [0, 0.05) is 10.0 Å². The van der Waals surface area contributed by atoms with Gasteiger partial charge in [0.2, 0.25) is 5.91 Å². The number of para-hydroxylation sites is 2. The van der Waals surface area contributed by atoms with Crippen molar-refractivity contribution in [2.24, 2.45) is 0 Å². The first-order chi connectivity index (χ1) is 17.3. The summed E-state index contributed by atoms with van der Waals surface area (Å²) in [6.45, 7) is 1.90. The molecule has 1 aliphatic heterocycles. The molecule has 8 nitrogen and oxygen atoms in total. The van der Waals surface area contributed by atoms with Crippen LogP contribution in [0.2, 0.25) is 0 Å². The number of carbonyl (C=O) groups excluding carboxylic acids is 3. The summed E-state index contributed by atoms with van der Waals surface area (Å²) in [5.41, 5.74) is 3.22. The van der Waals surface area contributed by atoms with Crippen molar-refractivity contribution in [2.45, 2.75) is 13.5 Å². The van der Waals surface area contributed by atoms with Crippen LogP contribution in [0.25, 0.3) is 6.08 Å². The molecular weight excluding hydrogens is 526 g/mol. The van der Waals surface area contributed by atoms with Gasteiger partial charge >= 0.3 is 6.03 Å². The molecule has 1 saturated heterocycles. The van der Waals surface area contributed by atoms with Crippen molar-refractivity contribution >= 4 is 45.5 Å². The number of urea groups is 1. The van der Waals surface area contributed by atoms with E-state index in [1.54, 1.807) is 36.4 Å². The Hall–Kier alpha value is -4.11. The second-order valence-electron chi connectivity index (χ2n) is 8.09. The average Bonchev–Trinajstić information content (AvgIpc) is 3.11. The molecule has 1 fully saturated rings. The minimum absolute atomic E-state index is 0.0450. The number of hydrogen-bond donors (Lipinski definition) is 2. The van der Waals surface area contributed by atoms with Gasteiger partial charge in [-0.25, -0.2) is 9.69 Å². The lowest BCUT2D eigenvalue weighted by Gasteiger charge is -2.13. The van der Waals surface area contributed by atoms with E-state index < -0.39 is 24.4 Å². The summed E-state index contributed by atoms with van der Waals surface area (Å²) in [5, 5.41) is 5.21. The first-order valence-electron chi connectivity index (χ1n) is 11.1. The zero-order valence-corrected chi connectivity index (χ0v) is 21.3. The van der Waals surface area contributed by atoms with E-state index in [0.717, 1.165) is 20.5 Å². The zero-order valence-electron chi connectivity index (χ0n) is 19.7. The van der Waals surface area contributed by atoms with E-state index in [-0.39, 0.29) is 5.70 Å². The Balaban J connectivity index is 1.49. The summed E-state index contributed by atoms with van der Waals surface area (Å²) in [5.74, 6) is -0.133.